The van der Waals surface area contributed by atoms with Crippen LogP contribution < -0.4 is 5.32 Å². The molecule has 4 aromatic heterocycles. The second-order valence-corrected chi connectivity index (χ2v) is 10.2. The van der Waals surface area contributed by atoms with Gasteiger partial charge < -0.3 is 4.42 Å². The van der Waals surface area contributed by atoms with E-state index in [4.69, 9.17) is 4.42 Å². The Labute approximate surface area is 175 Å². The molecular weight excluding hydrogens is 426 g/mol. The van der Waals surface area contributed by atoms with Crippen molar-refractivity contribution in [1.82, 2.24) is 19.7 Å². The van der Waals surface area contributed by atoms with Gasteiger partial charge in [-0.1, -0.05) is 0 Å². The third-order valence-corrected chi connectivity index (χ3v) is 7.50. The molecule has 1 amide bonds. The quantitative estimate of drug-likeness (QED) is 0.515. The minimum Gasteiger partial charge on any atom is -0.463 e. The first-order valence-corrected chi connectivity index (χ1v) is 12.0. The summed E-state index contributed by atoms with van der Waals surface area (Å²) in [5.74, 6) is 0.292. The number of pyridine rings is 1. The van der Waals surface area contributed by atoms with E-state index in [-0.39, 0.29) is 23.5 Å². The highest BCUT2D eigenvalue weighted by Gasteiger charge is 2.32. The zero-order valence-corrected chi connectivity index (χ0v) is 17.5. The fourth-order valence-corrected chi connectivity index (χ4v) is 5.93. The molecule has 1 N–H and O–H groups in total. The predicted molar refractivity (Wildman–Crippen MR) is 112 cm³/mol. The topological polar surface area (TPSA) is 120 Å². The van der Waals surface area contributed by atoms with E-state index in [1.54, 1.807) is 41.4 Å². The molecule has 11 heteroatoms. The maximum absolute atomic E-state index is 13.1. The van der Waals surface area contributed by atoms with Crippen molar-refractivity contribution < 1.29 is 17.6 Å². The van der Waals surface area contributed by atoms with Gasteiger partial charge in [-0.15, -0.1) is 11.3 Å². The second kappa shape index (κ2) is 7.03. The molecule has 1 fully saturated rings. The molecule has 0 spiro atoms. The highest BCUT2D eigenvalue weighted by atomic mass is 32.2. The number of nitrogens with zero attached hydrogens (tertiary/aromatic N) is 4. The summed E-state index contributed by atoms with van der Waals surface area (Å²) < 4.78 is 31.2. The number of sulfone groups is 1. The number of carbonyl (C=O) groups is 1. The monoisotopic (exact) mass is 443 g/mol. The second-order valence-electron chi connectivity index (χ2n) is 7.11. The molecule has 9 nitrogen and oxygen atoms in total. The lowest BCUT2D eigenvalue weighted by Crippen LogP contribution is -2.15. The molecule has 30 heavy (non-hydrogen) atoms. The SMILES string of the molecule is Cc1nn([C@H]2CCS(=O)(=O)C2)c2nc(-c3ccco3)cc(C(=O)Nc3nccs3)c12. The Morgan fingerprint density at radius 3 is 2.93 bits per heavy atom. The molecule has 5 heterocycles. The lowest BCUT2D eigenvalue weighted by molar-refractivity contribution is 0.102. The van der Waals surface area contributed by atoms with Gasteiger partial charge >= 0.3 is 0 Å². The van der Waals surface area contributed by atoms with Crippen LogP contribution in [-0.2, 0) is 9.84 Å². The van der Waals surface area contributed by atoms with Crippen molar-refractivity contribution in [2.45, 2.75) is 19.4 Å². The number of thiazole rings is 1. The molecule has 1 atom stereocenters. The number of hydrogen-bond acceptors (Lipinski definition) is 8. The van der Waals surface area contributed by atoms with Gasteiger partial charge in [0.1, 0.15) is 5.69 Å². The minimum absolute atomic E-state index is 0.0104. The Balaban J connectivity index is 1.69. The van der Waals surface area contributed by atoms with Crippen molar-refractivity contribution in [3.8, 4) is 11.5 Å². The predicted octanol–water partition coefficient (Wildman–Crippen LogP) is 3.07. The van der Waals surface area contributed by atoms with Crippen LogP contribution in [0.5, 0.6) is 0 Å². The number of fused-ring (bicyclic) bond motifs is 1. The van der Waals surface area contributed by atoms with Gasteiger partial charge in [0.15, 0.2) is 26.4 Å². The maximum atomic E-state index is 13.1. The van der Waals surface area contributed by atoms with Gasteiger partial charge in [0.05, 0.1) is 40.5 Å². The maximum Gasteiger partial charge on any atom is 0.258 e. The summed E-state index contributed by atoms with van der Waals surface area (Å²) in [6.45, 7) is 1.79. The molecular formula is C19H17N5O4S2. The van der Waals surface area contributed by atoms with Gasteiger partial charge in [0.2, 0.25) is 0 Å². The molecule has 0 unspecified atom stereocenters. The molecule has 0 bridgehead atoms. The largest absolute Gasteiger partial charge is 0.463 e. The normalized spacial score (nSPS) is 18.1. The Morgan fingerprint density at radius 2 is 2.27 bits per heavy atom. The molecule has 0 saturated carbocycles. The molecule has 154 valence electrons. The fourth-order valence-electron chi connectivity index (χ4n) is 3.72. The molecule has 1 aliphatic heterocycles. The first-order valence-electron chi connectivity index (χ1n) is 9.26. The summed E-state index contributed by atoms with van der Waals surface area (Å²) in [4.78, 5) is 21.9. The van der Waals surface area contributed by atoms with Crippen LogP contribution in [0.4, 0.5) is 5.13 Å². The van der Waals surface area contributed by atoms with Crippen molar-refractivity contribution in [2.75, 3.05) is 16.8 Å². The third-order valence-electron chi connectivity index (χ3n) is 5.06. The zero-order valence-electron chi connectivity index (χ0n) is 15.9. The summed E-state index contributed by atoms with van der Waals surface area (Å²) in [6, 6.07) is 4.84. The van der Waals surface area contributed by atoms with Gasteiger partial charge in [0, 0.05) is 11.6 Å². The van der Waals surface area contributed by atoms with Crippen LogP contribution in [0.3, 0.4) is 0 Å². The number of amides is 1. The number of aryl methyl sites for hydroxylation is 1. The van der Waals surface area contributed by atoms with Gasteiger partial charge in [-0.05, 0) is 31.5 Å². The van der Waals surface area contributed by atoms with Crippen LogP contribution in [0, 0.1) is 6.92 Å². The molecule has 1 aliphatic rings. The van der Waals surface area contributed by atoms with Gasteiger partial charge in [0.25, 0.3) is 5.91 Å². The summed E-state index contributed by atoms with van der Waals surface area (Å²) in [6.07, 6.45) is 3.61. The van der Waals surface area contributed by atoms with Gasteiger partial charge in [-0.3, -0.25) is 10.1 Å². The van der Waals surface area contributed by atoms with Gasteiger partial charge in [-0.2, -0.15) is 5.10 Å². The summed E-state index contributed by atoms with van der Waals surface area (Å²) in [7, 11) is -3.11. The van der Waals surface area contributed by atoms with E-state index in [0.29, 0.717) is 45.3 Å². The van der Waals surface area contributed by atoms with E-state index >= 15 is 0 Å². The highest BCUT2D eigenvalue weighted by molar-refractivity contribution is 7.91. The van der Waals surface area contributed by atoms with E-state index in [1.165, 1.54) is 17.6 Å². The number of anilines is 1. The first-order chi connectivity index (χ1) is 14.4. The standard InChI is InChI=1S/C19H17N5O4S2/c1-11-16-13(18(25)22-19-20-5-7-29-19)9-14(15-3-2-6-28-15)21-17(16)24(23-11)12-4-8-30(26,27)10-12/h2-3,5-7,9,12H,4,8,10H2,1H3,(H,20,22,25)/t12-/m0/s1. The van der Waals surface area contributed by atoms with Crippen molar-refractivity contribution in [1.29, 1.82) is 0 Å². The third kappa shape index (κ3) is 3.29. The van der Waals surface area contributed by atoms with Crippen molar-refractivity contribution >= 4 is 43.2 Å². The Bertz CT molecular complexity index is 1340. The molecule has 0 radical (unpaired) electrons. The van der Waals surface area contributed by atoms with Crippen LogP contribution in [-0.4, -0.2) is 45.6 Å². The Hall–Kier alpha value is -3.05. The van der Waals surface area contributed by atoms with Crippen molar-refractivity contribution in [3.05, 3.63) is 47.3 Å². The Kier molecular flexibility index (Phi) is 4.44. The highest BCUT2D eigenvalue weighted by Crippen LogP contribution is 2.32. The molecule has 5 rings (SSSR count). The smallest absolute Gasteiger partial charge is 0.258 e. The molecule has 0 aromatic carbocycles. The zero-order chi connectivity index (χ0) is 20.9. The van der Waals surface area contributed by atoms with Crippen molar-refractivity contribution in [3.63, 3.8) is 0 Å². The van der Waals surface area contributed by atoms with Crippen LogP contribution in [0.15, 0.2) is 40.5 Å². The summed E-state index contributed by atoms with van der Waals surface area (Å²) >= 11 is 1.32. The number of furan rings is 1. The van der Waals surface area contributed by atoms with Crippen LogP contribution >= 0.6 is 11.3 Å². The number of rotatable bonds is 4. The number of nitrogens with one attached hydrogen (secondary N) is 1. The minimum atomic E-state index is -3.11. The number of aromatic nitrogens is 4. The van der Waals surface area contributed by atoms with Crippen LogP contribution in [0.25, 0.3) is 22.5 Å². The van der Waals surface area contributed by atoms with E-state index in [1.807, 2.05) is 0 Å². The average molecular weight is 444 g/mol. The van der Waals surface area contributed by atoms with Crippen LogP contribution in [0.2, 0.25) is 0 Å². The van der Waals surface area contributed by atoms with Crippen LogP contribution in [0.1, 0.15) is 28.5 Å². The number of carbonyl (C=O) groups excluding carboxylic acids is 1. The van der Waals surface area contributed by atoms with E-state index in [0.717, 1.165) is 0 Å². The van der Waals surface area contributed by atoms with E-state index in [2.05, 4.69) is 20.4 Å². The summed E-state index contributed by atoms with van der Waals surface area (Å²) in [5, 5.41) is 10.2. The lowest BCUT2D eigenvalue weighted by atomic mass is 10.1. The lowest BCUT2D eigenvalue weighted by Gasteiger charge is -2.11. The summed E-state index contributed by atoms with van der Waals surface area (Å²) in [5.41, 5.74) is 1.93. The number of hydrogen-bond donors (Lipinski definition) is 1. The molecule has 4 aromatic rings. The molecule has 0 aliphatic carbocycles. The Morgan fingerprint density at radius 1 is 1.40 bits per heavy atom. The van der Waals surface area contributed by atoms with Gasteiger partial charge in [-0.25, -0.2) is 23.1 Å². The molecule has 1 saturated heterocycles. The average Bonchev–Trinajstić information content (AvgIpc) is 3.49. The van der Waals surface area contributed by atoms with Crippen molar-refractivity contribution in [2.24, 2.45) is 0 Å². The van der Waals surface area contributed by atoms with E-state index in [9.17, 15) is 13.2 Å². The van der Waals surface area contributed by atoms with E-state index < -0.39 is 9.84 Å². The first kappa shape index (κ1) is 18.9. The fraction of sp³-hybridized carbons (Fsp3) is 0.263.